The molecule has 3 heteroatoms. The van der Waals surface area contributed by atoms with Crippen LogP contribution in [-0.4, -0.2) is 5.24 Å². The van der Waals surface area contributed by atoms with Gasteiger partial charge in [-0.05, 0) is 42.1 Å². The summed E-state index contributed by atoms with van der Waals surface area (Å²) in [6.07, 6.45) is 0. The van der Waals surface area contributed by atoms with Crippen LogP contribution in [0.25, 0.3) is 0 Å². The lowest BCUT2D eigenvalue weighted by molar-refractivity contribution is -0.117. The van der Waals surface area contributed by atoms with Crippen LogP contribution in [0.15, 0.2) is 28.7 Å². The molecule has 15 heavy (non-hydrogen) atoms. The molecular formula is C12H14BrClO. The molecule has 0 spiro atoms. The molecule has 1 aromatic carbocycles. The van der Waals surface area contributed by atoms with Crippen molar-refractivity contribution < 1.29 is 4.79 Å². The largest absolute Gasteiger partial charge is 0.280 e. The Labute approximate surface area is 104 Å². The molecule has 0 fully saturated rings. The van der Waals surface area contributed by atoms with Gasteiger partial charge in [-0.15, -0.1) is 0 Å². The van der Waals surface area contributed by atoms with E-state index < -0.39 is 5.41 Å². The molecule has 1 atom stereocenters. The van der Waals surface area contributed by atoms with Crippen LogP contribution in [0.2, 0.25) is 0 Å². The lowest BCUT2D eigenvalue weighted by atomic mass is 9.74. The summed E-state index contributed by atoms with van der Waals surface area (Å²) < 4.78 is 0.999. The normalized spacial score (nSPS) is 15.1. The lowest BCUT2D eigenvalue weighted by Crippen LogP contribution is -2.34. The molecule has 0 amide bonds. The first-order valence-corrected chi connectivity index (χ1v) is 6.02. The van der Waals surface area contributed by atoms with E-state index in [1.54, 1.807) is 0 Å². The molecule has 0 bridgehead atoms. The van der Waals surface area contributed by atoms with Gasteiger partial charge in [0, 0.05) is 4.47 Å². The molecule has 1 aromatic rings. The molecule has 82 valence electrons. The predicted octanol–water partition coefficient (Wildman–Crippen LogP) is 4.13. The van der Waals surface area contributed by atoms with Crippen molar-refractivity contribution in [3.8, 4) is 0 Å². The van der Waals surface area contributed by atoms with Crippen molar-refractivity contribution in [2.45, 2.75) is 26.2 Å². The van der Waals surface area contributed by atoms with Gasteiger partial charge in [0.25, 0.3) is 0 Å². The van der Waals surface area contributed by atoms with Crippen LogP contribution < -0.4 is 0 Å². The topological polar surface area (TPSA) is 17.1 Å². The monoisotopic (exact) mass is 288 g/mol. The van der Waals surface area contributed by atoms with Gasteiger partial charge in [-0.25, -0.2) is 0 Å². The first kappa shape index (κ1) is 12.7. The summed E-state index contributed by atoms with van der Waals surface area (Å²) in [6.45, 7) is 5.89. The Morgan fingerprint density at radius 1 is 1.33 bits per heavy atom. The van der Waals surface area contributed by atoms with Gasteiger partial charge in [-0.2, -0.15) is 0 Å². The molecule has 0 saturated heterocycles. The van der Waals surface area contributed by atoms with E-state index in [0.29, 0.717) is 0 Å². The summed E-state index contributed by atoms with van der Waals surface area (Å²) in [5, 5.41) is -0.306. The summed E-state index contributed by atoms with van der Waals surface area (Å²) in [7, 11) is 0. The van der Waals surface area contributed by atoms with E-state index in [0.717, 1.165) is 10.0 Å². The first-order chi connectivity index (χ1) is 6.89. The fourth-order valence-corrected chi connectivity index (χ4v) is 2.06. The predicted molar refractivity (Wildman–Crippen MR) is 67.2 cm³/mol. The first-order valence-electron chi connectivity index (χ1n) is 4.85. The highest BCUT2D eigenvalue weighted by molar-refractivity contribution is 9.10. The minimum Gasteiger partial charge on any atom is -0.280 e. The van der Waals surface area contributed by atoms with E-state index in [1.807, 2.05) is 45.0 Å². The van der Waals surface area contributed by atoms with Crippen LogP contribution in [0.1, 0.15) is 26.3 Å². The van der Waals surface area contributed by atoms with Crippen LogP contribution in [0.3, 0.4) is 0 Å². The molecule has 1 rings (SSSR count). The minimum absolute atomic E-state index is 0.170. The van der Waals surface area contributed by atoms with Gasteiger partial charge in [-0.3, -0.25) is 4.79 Å². The van der Waals surface area contributed by atoms with Crippen LogP contribution in [0.5, 0.6) is 0 Å². The van der Waals surface area contributed by atoms with Gasteiger partial charge in [-0.1, -0.05) is 41.9 Å². The maximum atomic E-state index is 11.5. The SMILES string of the molecule is CC(C)C(C)(C(=O)Cl)c1ccc(Br)cc1. The number of hydrogen-bond acceptors (Lipinski definition) is 1. The third kappa shape index (κ3) is 2.43. The third-order valence-corrected chi connectivity index (χ3v) is 3.93. The van der Waals surface area contributed by atoms with E-state index in [2.05, 4.69) is 15.9 Å². The van der Waals surface area contributed by atoms with Gasteiger partial charge in [0.15, 0.2) is 0 Å². The molecule has 0 aliphatic rings. The molecule has 0 saturated carbocycles. The highest BCUT2D eigenvalue weighted by Gasteiger charge is 2.36. The van der Waals surface area contributed by atoms with Crippen LogP contribution in [-0.2, 0) is 10.2 Å². The summed E-state index contributed by atoms with van der Waals surface area (Å²) in [4.78, 5) is 11.5. The summed E-state index contributed by atoms with van der Waals surface area (Å²) >= 11 is 9.07. The molecule has 1 nitrogen and oxygen atoms in total. The summed E-state index contributed by atoms with van der Waals surface area (Å²) in [6, 6.07) is 7.72. The standard InChI is InChI=1S/C12H14BrClO/c1-8(2)12(3,11(14)15)9-4-6-10(13)7-5-9/h4-8H,1-3H3. The maximum absolute atomic E-state index is 11.5. The Hall–Kier alpha value is -0.340. The second-order valence-corrected chi connectivity index (χ2v) is 5.40. The average molecular weight is 290 g/mol. The molecule has 0 heterocycles. The Kier molecular flexibility index (Phi) is 3.96. The van der Waals surface area contributed by atoms with Gasteiger partial charge >= 0.3 is 0 Å². The number of carbonyl (C=O) groups excluding carboxylic acids is 1. The Bertz CT molecular complexity index is 358. The second kappa shape index (κ2) is 4.67. The minimum atomic E-state index is -0.609. The molecule has 0 aliphatic carbocycles. The van der Waals surface area contributed by atoms with Crippen molar-refractivity contribution >= 4 is 32.8 Å². The van der Waals surface area contributed by atoms with E-state index in [1.165, 1.54) is 0 Å². The van der Waals surface area contributed by atoms with Crippen molar-refractivity contribution in [3.05, 3.63) is 34.3 Å². The Morgan fingerprint density at radius 3 is 2.13 bits per heavy atom. The van der Waals surface area contributed by atoms with Crippen molar-refractivity contribution in [1.29, 1.82) is 0 Å². The van der Waals surface area contributed by atoms with Gasteiger partial charge < -0.3 is 0 Å². The van der Waals surface area contributed by atoms with Crippen molar-refractivity contribution in [2.75, 3.05) is 0 Å². The fourth-order valence-electron chi connectivity index (χ4n) is 1.47. The van der Waals surface area contributed by atoms with Crippen LogP contribution >= 0.6 is 27.5 Å². The quantitative estimate of drug-likeness (QED) is 0.765. The smallest absolute Gasteiger partial charge is 0.232 e. The molecule has 0 radical (unpaired) electrons. The van der Waals surface area contributed by atoms with Crippen LogP contribution in [0.4, 0.5) is 0 Å². The summed E-state index contributed by atoms with van der Waals surface area (Å²) in [5.41, 5.74) is 0.350. The molecule has 0 aliphatic heterocycles. The van der Waals surface area contributed by atoms with Crippen LogP contribution in [0, 0.1) is 5.92 Å². The number of benzene rings is 1. The number of halogens is 2. The highest BCUT2D eigenvalue weighted by Crippen LogP contribution is 2.34. The second-order valence-electron chi connectivity index (χ2n) is 4.14. The van der Waals surface area contributed by atoms with E-state index >= 15 is 0 Å². The maximum Gasteiger partial charge on any atom is 0.232 e. The molecule has 0 aromatic heterocycles. The molecular weight excluding hydrogens is 275 g/mol. The number of carbonyl (C=O) groups is 1. The zero-order chi connectivity index (χ0) is 11.6. The Balaban J connectivity index is 3.22. The number of rotatable bonds is 3. The van der Waals surface area contributed by atoms with Gasteiger partial charge in [0.05, 0.1) is 5.41 Å². The fraction of sp³-hybridized carbons (Fsp3) is 0.417. The van der Waals surface area contributed by atoms with Crippen molar-refractivity contribution in [1.82, 2.24) is 0 Å². The third-order valence-electron chi connectivity index (χ3n) is 3.01. The van der Waals surface area contributed by atoms with E-state index in [4.69, 9.17) is 11.6 Å². The van der Waals surface area contributed by atoms with E-state index in [9.17, 15) is 4.79 Å². The molecule has 1 unspecified atom stereocenters. The van der Waals surface area contributed by atoms with E-state index in [-0.39, 0.29) is 11.2 Å². The molecule has 0 N–H and O–H groups in total. The van der Waals surface area contributed by atoms with Crippen molar-refractivity contribution in [2.24, 2.45) is 5.92 Å². The lowest BCUT2D eigenvalue weighted by Gasteiger charge is -2.30. The number of hydrogen-bond donors (Lipinski definition) is 0. The highest BCUT2D eigenvalue weighted by atomic mass is 79.9. The Morgan fingerprint density at radius 2 is 1.80 bits per heavy atom. The zero-order valence-corrected chi connectivity index (χ0v) is 11.4. The average Bonchev–Trinajstić information content (AvgIpc) is 2.17. The van der Waals surface area contributed by atoms with Gasteiger partial charge in [0.1, 0.15) is 0 Å². The van der Waals surface area contributed by atoms with Crippen molar-refractivity contribution in [3.63, 3.8) is 0 Å². The zero-order valence-electron chi connectivity index (χ0n) is 9.05. The van der Waals surface area contributed by atoms with Gasteiger partial charge in [0.2, 0.25) is 5.24 Å². The summed E-state index contributed by atoms with van der Waals surface area (Å²) in [5.74, 6) is 0.170.